The van der Waals surface area contributed by atoms with Gasteiger partial charge in [0.25, 0.3) is 0 Å². The van der Waals surface area contributed by atoms with Gasteiger partial charge in [0.05, 0.1) is 16.4 Å². The topological polar surface area (TPSA) is 43.6 Å². The van der Waals surface area contributed by atoms with E-state index < -0.39 is 5.41 Å². The van der Waals surface area contributed by atoms with E-state index in [9.17, 15) is 0 Å². The zero-order valence-electron chi connectivity index (χ0n) is 33.8. The van der Waals surface area contributed by atoms with Crippen molar-refractivity contribution in [2.75, 3.05) is 0 Å². The average molecular weight is 819 g/mol. The molecule has 0 saturated carbocycles. The van der Waals surface area contributed by atoms with Crippen molar-refractivity contribution in [1.29, 1.82) is 0 Å². The van der Waals surface area contributed by atoms with Gasteiger partial charge in [0, 0.05) is 58.9 Å². The van der Waals surface area contributed by atoms with Gasteiger partial charge in [-0.2, -0.15) is 0 Å². The van der Waals surface area contributed by atoms with Crippen molar-refractivity contribution in [1.82, 2.24) is 19.5 Å². The maximum absolute atomic E-state index is 5.08. The van der Waals surface area contributed by atoms with Crippen molar-refractivity contribution < 1.29 is 0 Å². The number of fused-ring (bicyclic) bond motifs is 17. The van der Waals surface area contributed by atoms with Crippen molar-refractivity contribution in [3.8, 4) is 62.1 Å². The van der Waals surface area contributed by atoms with Crippen molar-refractivity contribution in [2.24, 2.45) is 0 Å². The van der Waals surface area contributed by atoms with Gasteiger partial charge >= 0.3 is 0 Å². The van der Waals surface area contributed by atoms with Crippen LogP contribution >= 0.6 is 11.3 Å². The maximum Gasteiger partial charge on any atom is 0.164 e. The van der Waals surface area contributed by atoms with Crippen LogP contribution in [0.25, 0.3) is 104 Å². The summed E-state index contributed by atoms with van der Waals surface area (Å²) in [7, 11) is 0. The van der Waals surface area contributed by atoms with Crippen LogP contribution in [-0.2, 0) is 5.41 Å². The van der Waals surface area contributed by atoms with Crippen molar-refractivity contribution >= 4 is 53.3 Å². The highest BCUT2D eigenvalue weighted by atomic mass is 32.1. The number of benzene rings is 9. The molecule has 0 bridgehead atoms. The molecule has 0 atom stereocenters. The van der Waals surface area contributed by atoms with Gasteiger partial charge in [-0.3, -0.25) is 0 Å². The predicted molar refractivity (Wildman–Crippen MR) is 260 cm³/mol. The molecular weight excluding hydrogens is 785 g/mol. The summed E-state index contributed by atoms with van der Waals surface area (Å²) in [6.45, 7) is 0. The monoisotopic (exact) mass is 818 g/mol. The van der Waals surface area contributed by atoms with E-state index in [0.29, 0.717) is 17.5 Å². The van der Waals surface area contributed by atoms with Gasteiger partial charge < -0.3 is 4.57 Å². The Bertz CT molecular complexity index is 3760. The van der Waals surface area contributed by atoms with Gasteiger partial charge in [0.1, 0.15) is 0 Å². The quantitative estimate of drug-likeness (QED) is 0.178. The average Bonchev–Trinajstić information content (AvgIpc) is 4.07. The molecule has 3 heterocycles. The molecule has 2 aliphatic rings. The molecule has 0 unspecified atom stereocenters. The van der Waals surface area contributed by atoms with E-state index in [1.54, 1.807) is 0 Å². The molecule has 292 valence electrons. The lowest BCUT2D eigenvalue weighted by molar-refractivity contribution is 0.794. The Kier molecular flexibility index (Phi) is 7.16. The number of hydrogen-bond donors (Lipinski definition) is 0. The highest BCUT2D eigenvalue weighted by molar-refractivity contribution is 7.25. The Morgan fingerprint density at radius 1 is 0.365 bits per heavy atom. The minimum atomic E-state index is -0.422. The lowest BCUT2D eigenvalue weighted by Crippen LogP contribution is -2.25. The molecule has 12 aromatic rings. The zero-order chi connectivity index (χ0) is 41.2. The lowest BCUT2D eigenvalue weighted by atomic mass is 9.70. The van der Waals surface area contributed by atoms with Crippen LogP contribution in [0.3, 0.4) is 0 Å². The van der Waals surface area contributed by atoms with E-state index in [4.69, 9.17) is 15.0 Å². The number of hydrogen-bond acceptors (Lipinski definition) is 4. The molecule has 1 spiro atoms. The first-order chi connectivity index (χ1) is 31.2. The molecular formula is C58H34N4S. The molecule has 3 aromatic heterocycles. The molecule has 14 rings (SSSR count). The number of para-hydroxylation sites is 1. The Balaban J connectivity index is 1.01. The van der Waals surface area contributed by atoms with Gasteiger partial charge in [-0.25, -0.2) is 15.0 Å². The molecule has 0 aliphatic heterocycles. The van der Waals surface area contributed by atoms with Crippen LogP contribution in [0.4, 0.5) is 0 Å². The van der Waals surface area contributed by atoms with Crippen molar-refractivity contribution in [3.63, 3.8) is 0 Å². The Morgan fingerprint density at radius 2 is 0.889 bits per heavy atom. The summed E-state index contributed by atoms with van der Waals surface area (Å²) in [4.78, 5) is 15.1. The van der Waals surface area contributed by atoms with E-state index in [-0.39, 0.29) is 0 Å². The molecule has 4 nitrogen and oxygen atoms in total. The summed E-state index contributed by atoms with van der Waals surface area (Å²) in [5.74, 6) is 1.97. The van der Waals surface area contributed by atoms with Crippen LogP contribution in [0.5, 0.6) is 0 Å². The van der Waals surface area contributed by atoms with E-state index in [0.717, 1.165) is 22.4 Å². The molecule has 63 heavy (non-hydrogen) atoms. The summed E-state index contributed by atoms with van der Waals surface area (Å²) in [5, 5.41) is 4.90. The van der Waals surface area contributed by atoms with Gasteiger partial charge in [-0.15, -0.1) is 11.3 Å². The predicted octanol–water partition coefficient (Wildman–Crippen LogP) is 14.7. The molecule has 0 fully saturated rings. The minimum Gasteiger partial charge on any atom is -0.309 e. The Morgan fingerprint density at radius 3 is 1.56 bits per heavy atom. The van der Waals surface area contributed by atoms with Gasteiger partial charge in [0.2, 0.25) is 0 Å². The first-order valence-corrected chi connectivity index (χ1v) is 22.3. The largest absolute Gasteiger partial charge is 0.309 e. The minimum absolute atomic E-state index is 0.422. The lowest BCUT2D eigenvalue weighted by Gasteiger charge is -2.30. The van der Waals surface area contributed by atoms with Gasteiger partial charge in [-0.05, 0) is 81.4 Å². The normalized spacial score (nSPS) is 13.2. The van der Waals surface area contributed by atoms with Crippen LogP contribution in [0.15, 0.2) is 206 Å². The molecule has 0 N–H and O–H groups in total. The fraction of sp³-hybridized carbons (Fsp3) is 0.0172. The van der Waals surface area contributed by atoms with Crippen molar-refractivity contribution in [3.05, 3.63) is 229 Å². The molecule has 2 aliphatic carbocycles. The summed E-state index contributed by atoms with van der Waals surface area (Å²) in [6.07, 6.45) is 0. The third-order valence-corrected chi connectivity index (χ3v) is 14.6. The van der Waals surface area contributed by atoms with Gasteiger partial charge in [0.15, 0.2) is 17.5 Å². The fourth-order valence-corrected chi connectivity index (χ4v) is 11.9. The highest BCUT2D eigenvalue weighted by Gasteiger charge is 2.52. The smallest absolute Gasteiger partial charge is 0.164 e. The third-order valence-electron chi connectivity index (χ3n) is 13.5. The van der Waals surface area contributed by atoms with E-state index >= 15 is 0 Å². The zero-order valence-corrected chi connectivity index (χ0v) is 34.6. The van der Waals surface area contributed by atoms with Crippen LogP contribution < -0.4 is 0 Å². The molecule has 0 radical (unpaired) electrons. The second-order valence-electron chi connectivity index (χ2n) is 16.7. The molecule has 9 aromatic carbocycles. The first kappa shape index (κ1) is 34.7. The summed E-state index contributed by atoms with van der Waals surface area (Å²) in [5.41, 5.74) is 16.6. The third kappa shape index (κ3) is 4.77. The number of nitrogens with zero attached hydrogens (tertiary/aromatic N) is 4. The fourth-order valence-electron chi connectivity index (χ4n) is 10.9. The van der Waals surface area contributed by atoms with E-state index in [1.165, 1.54) is 86.5 Å². The summed E-state index contributed by atoms with van der Waals surface area (Å²) in [6, 6.07) is 75.0. The van der Waals surface area contributed by atoms with E-state index in [1.807, 2.05) is 47.7 Å². The Labute approximate surface area is 367 Å². The second kappa shape index (κ2) is 13.0. The van der Waals surface area contributed by atoms with Gasteiger partial charge in [-0.1, -0.05) is 164 Å². The SMILES string of the molecule is c1ccc(-c2nc(-c3ccccc3)nc(-c3ccc4sc5ccc(-n6c7ccccc7c7ccc8c(c76)-c6ccccc6C86c7ccccc7-c7ccccc76)cc5c4c3)n2)cc1. The molecule has 0 amide bonds. The first-order valence-electron chi connectivity index (χ1n) is 21.4. The maximum atomic E-state index is 5.08. The van der Waals surface area contributed by atoms with Crippen molar-refractivity contribution in [2.45, 2.75) is 5.41 Å². The summed E-state index contributed by atoms with van der Waals surface area (Å²) < 4.78 is 5.00. The van der Waals surface area contributed by atoms with Crippen LogP contribution in [-0.4, -0.2) is 19.5 Å². The second-order valence-corrected chi connectivity index (χ2v) is 17.7. The standard InChI is InChI=1S/C58H34N4S/c1-3-15-35(16-4-1)55-59-56(36-17-5-2-6-18-36)61-57(60-55)37-27-31-51-44(33-37)45-34-38(28-32-52(45)63-51)62-50-26-14-10-21-41(50)42-29-30-49-53(54(42)62)43-22-9-13-25-48(43)58(49)46-23-11-7-19-39(46)40-20-8-12-24-47(40)58/h1-34H. The van der Waals surface area contributed by atoms with Crippen LogP contribution in [0.2, 0.25) is 0 Å². The van der Waals surface area contributed by atoms with E-state index in [2.05, 4.69) is 174 Å². The number of aromatic nitrogens is 4. The Hall–Kier alpha value is -7.99. The van der Waals surface area contributed by atoms with Crippen LogP contribution in [0.1, 0.15) is 22.3 Å². The number of rotatable bonds is 4. The van der Waals surface area contributed by atoms with Crippen LogP contribution in [0, 0.1) is 0 Å². The highest BCUT2D eigenvalue weighted by Crippen LogP contribution is 2.64. The molecule has 5 heteroatoms. The summed E-state index contributed by atoms with van der Waals surface area (Å²) >= 11 is 1.83. The molecule has 0 saturated heterocycles. The number of thiophene rings is 1.